The molecule has 0 atom stereocenters. The van der Waals surface area contributed by atoms with Crippen LogP contribution in [0.2, 0.25) is 5.02 Å². The van der Waals surface area contributed by atoms with Crippen LogP contribution < -0.4 is 5.32 Å². The van der Waals surface area contributed by atoms with Gasteiger partial charge in [-0.05, 0) is 45.6 Å². The second kappa shape index (κ2) is 5.16. The van der Waals surface area contributed by atoms with Crippen LogP contribution in [0.15, 0.2) is 34.1 Å². The third kappa shape index (κ3) is 2.86. The summed E-state index contributed by atoms with van der Waals surface area (Å²) >= 11 is 10.4. The van der Waals surface area contributed by atoms with Crippen LogP contribution >= 0.6 is 38.9 Å². The zero-order valence-corrected chi connectivity index (χ0v) is 11.5. The lowest BCUT2D eigenvalue weighted by molar-refractivity contribution is 0.103. The lowest BCUT2D eigenvalue weighted by Crippen LogP contribution is -2.11. The molecule has 0 aliphatic heterocycles. The Labute approximate surface area is 115 Å². The number of nitrogens with one attached hydrogen (secondary N) is 1. The fourth-order valence-corrected chi connectivity index (χ4v) is 2.89. The predicted octanol–water partition coefficient (Wildman–Crippen LogP) is 4.56. The topological polar surface area (TPSA) is 29.1 Å². The number of hydrogen-bond donors (Lipinski definition) is 1. The first kappa shape index (κ1) is 12.5. The monoisotopic (exact) mass is 333 g/mol. The fourth-order valence-electron chi connectivity index (χ4n) is 1.23. The molecule has 0 saturated carbocycles. The van der Waals surface area contributed by atoms with E-state index in [-0.39, 0.29) is 10.9 Å². The lowest BCUT2D eigenvalue weighted by atomic mass is 10.3. The Balaban J connectivity index is 2.22. The van der Waals surface area contributed by atoms with E-state index in [1.165, 1.54) is 23.5 Å². The molecule has 0 spiro atoms. The van der Waals surface area contributed by atoms with Crippen LogP contribution in [-0.2, 0) is 0 Å². The van der Waals surface area contributed by atoms with Gasteiger partial charge in [-0.3, -0.25) is 4.79 Å². The highest BCUT2D eigenvalue weighted by atomic mass is 79.9. The molecular formula is C11H6BrClFNOS. The largest absolute Gasteiger partial charge is 0.320 e. The van der Waals surface area contributed by atoms with Crippen LogP contribution in [0.5, 0.6) is 0 Å². The molecule has 6 heteroatoms. The fraction of sp³-hybridized carbons (Fsp3) is 0. The molecule has 0 bridgehead atoms. The first-order chi connectivity index (χ1) is 8.08. The third-order valence-corrected chi connectivity index (χ3v) is 4.15. The van der Waals surface area contributed by atoms with Gasteiger partial charge in [0.1, 0.15) is 10.7 Å². The van der Waals surface area contributed by atoms with Gasteiger partial charge in [0, 0.05) is 4.47 Å². The molecule has 0 aliphatic rings. The molecule has 0 unspecified atom stereocenters. The molecule has 1 N–H and O–H groups in total. The van der Waals surface area contributed by atoms with Gasteiger partial charge in [-0.2, -0.15) is 0 Å². The second-order valence-electron chi connectivity index (χ2n) is 3.18. The highest BCUT2D eigenvalue weighted by Crippen LogP contribution is 2.26. The number of carbonyl (C=O) groups excluding carboxylic acids is 1. The summed E-state index contributed by atoms with van der Waals surface area (Å²) in [5.41, 5.74) is 0.387. The van der Waals surface area contributed by atoms with Crippen molar-refractivity contribution in [3.8, 4) is 0 Å². The summed E-state index contributed by atoms with van der Waals surface area (Å²) in [6.45, 7) is 0. The van der Waals surface area contributed by atoms with Crippen molar-refractivity contribution < 1.29 is 9.18 Å². The second-order valence-corrected chi connectivity index (χ2v) is 5.35. The van der Waals surface area contributed by atoms with Gasteiger partial charge in [0.15, 0.2) is 0 Å². The molecule has 2 aromatic rings. The smallest absolute Gasteiger partial charge is 0.266 e. The molecule has 2 rings (SSSR count). The maximum absolute atomic E-state index is 12.8. The summed E-state index contributed by atoms with van der Waals surface area (Å²) in [5.74, 6) is -0.717. The number of benzene rings is 1. The third-order valence-electron chi connectivity index (χ3n) is 2.00. The average Bonchev–Trinajstić information content (AvgIpc) is 2.68. The molecule has 2 nitrogen and oxygen atoms in total. The Morgan fingerprint density at radius 3 is 2.76 bits per heavy atom. The van der Waals surface area contributed by atoms with Crippen molar-refractivity contribution >= 4 is 50.5 Å². The highest BCUT2D eigenvalue weighted by Gasteiger charge is 2.13. The van der Waals surface area contributed by atoms with Crippen molar-refractivity contribution in [2.24, 2.45) is 0 Å². The van der Waals surface area contributed by atoms with Crippen LogP contribution in [0.4, 0.5) is 10.1 Å². The maximum Gasteiger partial charge on any atom is 0.266 e. The molecule has 0 radical (unpaired) electrons. The van der Waals surface area contributed by atoms with E-state index in [2.05, 4.69) is 21.2 Å². The van der Waals surface area contributed by atoms with Crippen molar-refractivity contribution in [2.75, 3.05) is 5.32 Å². The van der Waals surface area contributed by atoms with E-state index in [0.717, 1.165) is 10.5 Å². The van der Waals surface area contributed by atoms with Gasteiger partial charge in [0.25, 0.3) is 5.91 Å². The summed E-state index contributed by atoms with van der Waals surface area (Å²) in [6.07, 6.45) is 0. The van der Waals surface area contributed by atoms with E-state index in [4.69, 9.17) is 11.6 Å². The van der Waals surface area contributed by atoms with E-state index >= 15 is 0 Å². The molecule has 0 aliphatic carbocycles. The van der Waals surface area contributed by atoms with Crippen molar-refractivity contribution in [1.82, 2.24) is 0 Å². The van der Waals surface area contributed by atoms with Crippen LogP contribution in [0.1, 0.15) is 9.67 Å². The molecule has 1 amide bonds. The lowest BCUT2D eigenvalue weighted by Gasteiger charge is -2.06. The van der Waals surface area contributed by atoms with E-state index in [1.54, 1.807) is 11.4 Å². The number of thiophene rings is 1. The van der Waals surface area contributed by atoms with Crippen molar-refractivity contribution in [3.63, 3.8) is 0 Å². The van der Waals surface area contributed by atoms with Crippen molar-refractivity contribution in [2.45, 2.75) is 0 Å². The first-order valence-electron chi connectivity index (χ1n) is 4.57. The minimum Gasteiger partial charge on any atom is -0.320 e. The SMILES string of the molecule is O=C(Nc1ccc(F)cc1Cl)c1sccc1Br. The molecule has 17 heavy (non-hydrogen) atoms. The van der Waals surface area contributed by atoms with Gasteiger partial charge >= 0.3 is 0 Å². The van der Waals surface area contributed by atoms with Gasteiger partial charge < -0.3 is 5.32 Å². The summed E-state index contributed by atoms with van der Waals surface area (Å²) < 4.78 is 13.5. The summed E-state index contributed by atoms with van der Waals surface area (Å²) in [6, 6.07) is 5.61. The Bertz CT molecular complexity index is 572. The van der Waals surface area contributed by atoms with Crippen molar-refractivity contribution in [3.05, 3.63) is 49.8 Å². The van der Waals surface area contributed by atoms with E-state index in [0.29, 0.717) is 10.6 Å². The number of carbonyl (C=O) groups is 1. The van der Waals surface area contributed by atoms with Crippen LogP contribution in [0.3, 0.4) is 0 Å². The van der Waals surface area contributed by atoms with E-state index in [1.807, 2.05) is 0 Å². The summed E-state index contributed by atoms with van der Waals surface area (Å²) in [4.78, 5) is 12.4. The molecule has 0 saturated heterocycles. The number of rotatable bonds is 2. The zero-order chi connectivity index (χ0) is 12.4. The van der Waals surface area contributed by atoms with Crippen molar-refractivity contribution in [1.29, 1.82) is 0 Å². The van der Waals surface area contributed by atoms with Gasteiger partial charge in [-0.15, -0.1) is 11.3 Å². The number of anilines is 1. The highest BCUT2D eigenvalue weighted by molar-refractivity contribution is 9.10. The van der Waals surface area contributed by atoms with Gasteiger partial charge in [-0.1, -0.05) is 11.6 Å². The van der Waals surface area contributed by atoms with E-state index < -0.39 is 5.82 Å². The van der Waals surface area contributed by atoms with E-state index in [9.17, 15) is 9.18 Å². The first-order valence-corrected chi connectivity index (χ1v) is 6.62. The zero-order valence-electron chi connectivity index (χ0n) is 8.34. The maximum atomic E-state index is 12.8. The molecular weight excluding hydrogens is 329 g/mol. The van der Waals surface area contributed by atoms with Crippen LogP contribution in [-0.4, -0.2) is 5.91 Å². The summed E-state index contributed by atoms with van der Waals surface area (Å²) in [7, 11) is 0. The summed E-state index contributed by atoms with van der Waals surface area (Å²) in [5, 5.41) is 4.59. The van der Waals surface area contributed by atoms with Gasteiger partial charge in [0.2, 0.25) is 0 Å². The predicted molar refractivity (Wildman–Crippen MR) is 71.4 cm³/mol. The number of amides is 1. The van der Waals surface area contributed by atoms with Crippen LogP contribution in [0, 0.1) is 5.82 Å². The molecule has 0 fully saturated rings. The quantitative estimate of drug-likeness (QED) is 0.857. The Hall–Kier alpha value is -0.910. The minimum atomic E-state index is -0.440. The molecule has 1 aromatic carbocycles. The standard InChI is InChI=1S/C11H6BrClFNOS/c12-7-3-4-17-10(7)11(16)15-9-2-1-6(14)5-8(9)13/h1-5H,(H,15,16). The Morgan fingerprint density at radius 2 is 2.18 bits per heavy atom. The Morgan fingerprint density at radius 1 is 1.41 bits per heavy atom. The average molecular weight is 335 g/mol. The van der Waals surface area contributed by atoms with Crippen LogP contribution in [0.25, 0.3) is 0 Å². The van der Waals surface area contributed by atoms with Gasteiger partial charge in [0.05, 0.1) is 10.7 Å². The Kier molecular flexibility index (Phi) is 3.81. The number of hydrogen-bond acceptors (Lipinski definition) is 2. The molecule has 88 valence electrons. The minimum absolute atomic E-state index is 0.172. The molecule has 1 heterocycles. The number of halogens is 3. The molecule has 1 aromatic heterocycles. The van der Waals surface area contributed by atoms with Gasteiger partial charge in [-0.25, -0.2) is 4.39 Å². The normalized spacial score (nSPS) is 10.3.